The van der Waals surface area contributed by atoms with Crippen LogP contribution in [0.15, 0.2) is 35.2 Å². The first kappa shape index (κ1) is 19.1. The molecule has 0 saturated heterocycles. The first-order valence-corrected chi connectivity index (χ1v) is 10.9. The minimum absolute atomic E-state index is 0.123. The molecule has 0 radical (unpaired) electrons. The van der Waals surface area contributed by atoms with E-state index in [0.717, 1.165) is 12.3 Å². The van der Waals surface area contributed by atoms with Gasteiger partial charge < -0.3 is 9.19 Å². The van der Waals surface area contributed by atoms with Crippen LogP contribution in [0.5, 0.6) is 0 Å². The van der Waals surface area contributed by atoms with E-state index >= 15 is 0 Å². The molecule has 21 heavy (non-hydrogen) atoms. The lowest BCUT2D eigenvalue weighted by atomic mass is 10.3. The molecule has 1 rings (SSSR count). The summed E-state index contributed by atoms with van der Waals surface area (Å²) in [7, 11) is 3.91. The van der Waals surface area contributed by atoms with Crippen molar-refractivity contribution in [3.8, 4) is 0 Å². The quantitative estimate of drug-likeness (QED) is 0.274. The maximum Gasteiger partial charge on any atom is 0.229 e. The van der Waals surface area contributed by atoms with Gasteiger partial charge in [0.25, 0.3) is 0 Å². The molecule has 118 valence electrons. The van der Waals surface area contributed by atoms with Crippen LogP contribution in [0.4, 0.5) is 0 Å². The SMILES string of the molecule is CCC(C)OP(=S)(N(C)C=S)N(C)CSc1ccccc1. The van der Waals surface area contributed by atoms with E-state index in [1.807, 2.05) is 37.0 Å². The van der Waals surface area contributed by atoms with Crippen LogP contribution >= 0.6 is 30.5 Å². The largest absolute Gasteiger partial charge is 0.320 e. The molecule has 0 amide bonds. The Kier molecular flexibility index (Phi) is 8.39. The van der Waals surface area contributed by atoms with Crippen LogP contribution in [0, 0.1) is 0 Å². The molecule has 0 spiro atoms. The zero-order valence-corrected chi connectivity index (χ0v) is 16.3. The highest BCUT2D eigenvalue weighted by Crippen LogP contribution is 2.54. The molecular weight excluding hydrogens is 339 g/mol. The Morgan fingerprint density at radius 3 is 2.48 bits per heavy atom. The van der Waals surface area contributed by atoms with Crippen molar-refractivity contribution in [2.24, 2.45) is 0 Å². The average Bonchev–Trinajstić information content (AvgIpc) is 2.52. The van der Waals surface area contributed by atoms with Gasteiger partial charge >= 0.3 is 0 Å². The van der Waals surface area contributed by atoms with Gasteiger partial charge in [-0.1, -0.05) is 37.3 Å². The fraction of sp³-hybridized carbons (Fsp3) is 0.500. The molecule has 1 aromatic carbocycles. The summed E-state index contributed by atoms with van der Waals surface area (Å²) in [6, 6.07) is 10.3. The van der Waals surface area contributed by atoms with E-state index in [-0.39, 0.29) is 6.10 Å². The van der Waals surface area contributed by atoms with E-state index in [9.17, 15) is 0 Å². The third-order valence-corrected chi connectivity index (χ3v) is 9.24. The highest BCUT2D eigenvalue weighted by atomic mass is 32.5. The summed E-state index contributed by atoms with van der Waals surface area (Å²) in [5.41, 5.74) is 1.59. The topological polar surface area (TPSA) is 15.7 Å². The van der Waals surface area contributed by atoms with Gasteiger partial charge in [-0.25, -0.2) is 4.67 Å². The highest BCUT2D eigenvalue weighted by molar-refractivity contribution is 8.10. The molecule has 0 N–H and O–H groups in total. The van der Waals surface area contributed by atoms with Gasteiger partial charge in [-0.15, -0.1) is 11.8 Å². The number of hydrogen-bond acceptors (Lipinski definition) is 4. The molecule has 0 aliphatic carbocycles. The summed E-state index contributed by atoms with van der Waals surface area (Å²) in [5.74, 6) is 0.769. The average molecular weight is 363 g/mol. The predicted octanol–water partition coefficient (Wildman–Crippen LogP) is 4.60. The Balaban J connectivity index is 2.78. The molecule has 0 aliphatic heterocycles. The fourth-order valence-electron chi connectivity index (χ4n) is 1.52. The normalized spacial score (nSPS) is 15.5. The summed E-state index contributed by atoms with van der Waals surface area (Å²) in [6.07, 6.45) is 1.06. The standard InChI is InChI=1S/C14H23N2OPS3/c1-5-13(2)17-18(20,15(3)11-19)16(4)12-21-14-9-7-6-8-10-14/h6-11,13H,5,12H2,1-4H3. The summed E-state index contributed by atoms with van der Waals surface area (Å²) in [4.78, 5) is 1.22. The molecule has 2 atom stereocenters. The molecule has 0 bridgehead atoms. The Bertz CT molecular complexity index is 486. The monoisotopic (exact) mass is 362 g/mol. The number of nitrogens with zero attached hydrogens (tertiary/aromatic N) is 2. The summed E-state index contributed by atoms with van der Waals surface area (Å²) < 4.78 is 10.1. The van der Waals surface area contributed by atoms with Crippen LogP contribution < -0.4 is 0 Å². The Hall–Kier alpha value is 0.0300. The third kappa shape index (κ3) is 5.62. The van der Waals surface area contributed by atoms with E-state index < -0.39 is 6.57 Å². The van der Waals surface area contributed by atoms with E-state index in [1.165, 1.54) is 4.90 Å². The third-order valence-electron chi connectivity index (χ3n) is 3.04. The van der Waals surface area contributed by atoms with E-state index in [4.69, 9.17) is 28.5 Å². The van der Waals surface area contributed by atoms with Gasteiger partial charge in [0.15, 0.2) is 0 Å². The van der Waals surface area contributed by atoms with E-state index in [0.29, 0.717) is 0 Å². The van der Waals surface area contributed by atoms with Crippen LogP contribution in [0.1, 0.15) is 20.3 Å². The lowest BCUT2D eigenvalue weighted by molar-refractivity contribution is 0.213. The van der Waals surface area contributed by atoms with Crippen LogP contribution in [0.2, 0.25) is 0 Å². The number of thioether (sulfide) groups is 1. The van der Waals surface area contributed by atoms with Gasteiger partial charge in [0.1, 0.15) is 0 Å². The second kappa shape index (κ2) is 9.23. The van der Waals surface area contributed by atoms with E-state index in [1.54, 1.807) is 17.3 Å². The number of benzene rings is 1. The van der Waals surface area contributed by atoms with Gasteiger partial charge in [0, 0.05) is 11.9 Å². The number of hydrogen-bond donors (Lipinski definition) is 0. The van der Waals surface area contributed by atoms with Crippen molar-refractivity contribution in [2.75, 3.05) is 20.0 Å². The van der Waals surface area contributed by atoms with Gasteiger partial charge in [-0.05, 0) is 44.3 Å². The highest BCUT2D eigenvalue weighted by Gasteiger charge is 2.29. The molecule has 0 aromatic heterocycles. The molecular formula is C14H23N2OPS3. The van der Waals surface area contributed by atoms with Crippen molar-refractivity contribution < 1.29 is 4.52 Å². The van der Waals surface area contributed by atoms with Crippen molar-refractivity contribution in [1.82, 2.24) is 9.34 Å². The van der Waals surface area contributed by atoms with E-state index in [2.05, 4.69) is 30.7 Å². The zero-order chi connectivity index (χ0) is 15.9. The summed E-state index contributed by atoms with van der Waals surface area (Å²) in [5, 5.41) is 0. The maximum atomic E-state index is 6.16. The fourth-order valence-corrected chi connectivity index (χ4v) is 6.06. The van der Waals surface area contributed by atoms with Crippen molar-refractivity contribution in [3.63, 3.8) is 0 Å². The number of thiocarbonyl (C=S) groups is 1. The van der Waals surface area contributed by atoms with Crippen molar-refractivity contribution in [2.45, 2.75) is 31.3 Å². The molecule has 0 heterocycles. The Morgan fingerprint density at radius 1 is 1.33 bits per heavy atom. The lowest BCUT2D eigenvalue weighted by Crippen LogP contribution is -2.28. The van der Waals surface area contributed by atoms with Crippen molar-refractivity contribution in [1.29, 1.82) is 0 Å². The van der Waals surface area contributed by atoms with Crippen LogP contribution in [-0.2, 0) is 16.3 Å². The van der Waals surface area contributed by atoms with Gasteiger partial charge in [0.05, 0.1) is 17.5 Å². The molecule has 0 saturated carbocycles. The predicted molar refractivity (Wildman–Crippen MR) is 101 cm³/mol. The van der Waals surface area contributed by atoms with Crippen LogP contribution in [0.25, 0.3) is 0 Å². The second-order valence-electron chi connectivity index (χ2n) is 4.74. The minimum atomic E-state index is -2.29. The minimum Gasteiger partial charge on any atom is -0.320 e. The summed E-state index contributed by atoms with van der Waals surface area (Å²) >= 11 is 12.6. The second-order valence-corrected chi connectivity index (χ2v) is 9.90. The maximum absolute atomic E-state index is 6.16. The van der Waals surface area contributed by atoms with Gasteiger partial charge in [0.2, 0.25) is 6.57 Å². The molecule has 2 unspecified atom stereocenters. The molecule has 3 nitrogen and oxygen atoms in total. The molecule has 0 aliphatic rings. The first-order valence-electron chi connectivity index (χ1n) is 6.80. The zero-order valence-electron chi connectivity index (χ0n) is 12.9. The first-order chi connectivity index (χ1) is 9.93. The van der Waals surface area contributed by atoms with Crippen LogP contribution in [-0.4, -0.2) is 40.9 Å². The smallest absolute Gasteiger partial charge is 0.229 e. The number of rotatable bonds is 9. The van der Waals surface area contributed by atoms with Crippen LogP contribution in [0.3, 0.4) is 0 Å². The van der Waals surface area contributed by atoms with Crippen molar-refractivity contribution in [3.05, 3.63) is 30.3 Å². The van der Waals surface area contributed by atoms with Gasteiger partial charge in [-0.2, -0.15) is 0 Å². The van der Waals surface area contributed by atoms with Crippen molar-refractivity contribution >= 4 is 47.8 Å². The summed E-state index contributed by atoms with van der Waals surface area (Å²) in [6.45, 7) is 1.86. The Morgan fingerprint density at radius 2 is 1.95 bits per heavy atom. The molecule has 1 aromatic rings. The molecule has 0 fully saturated rings. The van der Waals surface area contributed by atoms with Gasteiger partial charge in [-0.3, -0.25) is 0 Å². The lowest BCUT2D eigenvalue weighted by Gasteiger charge is -2.38. The Labute approximate surface area is 143 Å². The molecule has 7 heteroatoms.